The van der Waals surface area contributed by atoms with Crippen molar-refractivity contribution in [2.45, 2.75) is 25.6 Å². The zero-order valence-electron chi connectivity index (χ0n) is 22.9. The zero-order valence-corrected chi connectivity index (χ0v) is 23.7. The van der Waals surface area contributed by atoms with Gasteiger partial charge in [0.05, 0.1) is 22.3 Å². The molecule has 0 radical (unpaired) electrons. The summed E-state index contributed by atoms with van der Waals surface area (Å²) in [7, 11) is 0. The highest BCUT2D eigenvalue weighted by Gasteiger charge is 2.24. The fourth-order valence-corrected chi connectivity index (χ4v) is 6.06. The Kier molecular flexibility index (Phi) is 7.97. The second-order valence-electron chi connectivity index (χ2n) is 10.3. The molecule has 12 heteroatoms. The van der Waals surface area contributed by atoms with Crippen molar-refractivity contribution in [2.24, 2.45) is 0 Å². The van der Waals surface area contributed by atoms with Gasteiger partial charge in [0.1, 0.15) is 29.9 Å². The summed E-state index contributed by atoms with van der Waals surface area (Å²) >= 11 is 1.16. The van der Waals surface area contributed by atoms with Gasteiger partial charge in [-0.3, -0.25) is 9.36 Å². The number of halogens is 2. The molecule has 2 unspecified atom stereocenters. The molecule has 0 aliphatic carbocycles. The molecule has 2 N–H and O–H groups in total. The van der Waals surface area contributed by atoms with Crippen LogP contribution in [0.25, 0.3) is 16.6 Å². The number of hydrogen-bond acceptors (Lipinski definition) is 9. The van der Waals surface area contributed by atoms with E-state index >= 15 is 0 Å². The molecule has 0 spiro atoms. The second-order valence-corrected chi connectivity index (χ2v) is 11.2. The van der Waals surface area contributed by atoms with E-state index in [1.807, 2.05) is 30.3 Å². The van der Waals surface area contributed by atoms with E-state index in [4.69, 9.17) is 4.74 Å². The number of anilines is 2. The Bertz CT molecular complexity index is 1710. The standard InChI is InChI=1S/C30H29F2N7O2S/c1-19-16-34-11-13-38(19)21-2-4-22(5-3-21)39-18-35-27-8-6-23(14-24(27)30(39)40)41-29-25(15-33)28(9-7-26(29)32)36-42-37-12-10-20(31)17-37/h2-9,14,18-20,34,36H,10-13,16-17H2,1H3. The van der Waals surface area contributed by atoms with E-state index in [1.54, 1.807) is 16.4 Å². The summed E-state index contributed by atoms with van der Waals surface area (Å²) in [4.78, 5) is 20.3. The molecule has 2 atom stereocenters. The molecular weight excluding hydrogens is 560 g/mol. The number of hydrogen-bond donors (Lipinski definition) is 2. The second kappa shape index (κ2) is 12.0. The number of nitriles is 1. The minimum absolute atomic E-state index is 0.0407. The molecule has 3 aromatic carbocycles. The smallest absolute Gasteiger partial charge is 0.265 e. The Morgan fingerprint density at radius 1 is 1.14 bits per heavy atom. The number of nitrogens with zero attached hydrogens (tertiary/aromatic N) is 5. The van der Waals surface area contributed by atoms with Crippen molar-refractivity contribution in [2.75, 3.05) is 42.3 Å². The van der Waals surface area contributed by atoms with Crippen molar-refractivity contribution in [3.05, 3.63) is 82.7 Å². The molecule has 0 bridgehead atoms. The van der Waals surface area contributed by atoms with Gasteiger partial charge in [-0.15, -0.1) is 0 Å². The molecule has 216 valence electrons. The SMILES string of the molecule is CC1CNCCN1c1ccc(-n2cnc3ccc(Oc4c(F)ccc(NSN5CCC(F)C5)c4C#N)cc3c2=O)cc1. The summed E-state index contributed by atoms with van der Waals surface area (Å²) in [5, 5.41) is 13.5. The predicted octanol–water partition coefficient (Wildman–Crippen LogP) is 5.01. The molecule has 3 heterocycles. The van der Waals surface area contributed by atoms with Crippen LogP contribution >= 0.6 is 12.1 Å². The Balaban J connectivity index is 1.26. The number of nitrogens with one attached hydrogen (secondary N) is 2. The molecule has 2 saturated heterocycles. The summed E-state index contributed by atoms with van der Waals surface area (Å²) in [5.74, 6) is -0.814. The van der Waals surface area contributed by atoms with Crippen LogP contribution in [0, 0.1) is 17.1 Å². The van der Waals surface area contributed by atoms with Crippen LogP contribution in [0.2, 0.25) is 0 Å². The number of piperazine rings is 1. The van der Waals surface area contributed by atoms with Crippen LogP contribution in [0.1, 0.15) is 18.9 Å². The third kappa shape index (κ3) is 5.63. The lowest BCUT2D eigenvalue weighted by Gasteiger charge is -2.36. The van der Waals surface area contributed by atoms with Gasteiger partial charge in [0.2, 0.25) is 0 Å². The van der Waals surface area contributed by atoms with Crippen LogP contribution in [0.4, 0.5) is 20.2 Å². The molecular formula is C30H29F2N7O2S. The summed E-state index contributed by atoms with van der Waals surface area (Å²) < 4.78 is 40.6. The Hall–Kier alpha value is -4.18. The van der Waals surface area contributed by atoms with E-state index in [-0.39, 0.29) is 34.6 Å². The summed E-state index contributed by atoms with van der Waals surface area (Å²) in [6.07, 6.45) is 1.03. The molecule has 0 saturated carbocycles. The highest BCUT2D eigenvalue weighted by molar-refractivity contribution is 7.98. The molecule has 1 aromatic heterocycles. The summed E-state index contributed by atoms with van der Waals surface area (Å²) in [6, 6.07) is 17.5. The van der Waals surface area contributed by atoms with Crippen LogP contribution in [0.5, 0.6) is 11.5 Å². The van der Waals surface area contributed by atoms with E-state index in [0.717, 1.165) is 37.5 Å². The first-order chi connectivity index (χ1) is 20.4. The molecule has 9 nitrogen and oxygen atoms in total. The van der Waals surface area contributed by atoms with Crippen LogP contribution in [0.3, 0.4) is 0 Å². The lowest BCUT2D eigenvalue weighted by Crippen LogP contribution is -2.49. The van der Waals surface area contributed by atoms with Crippen LogP contribution in [-0.2, 0) is 0 Å². The van der Waals surface area contributed by atoms with Crippen LogP contribution < -0.4 is 25.2 Å². The predicted molar refractivity (Wildman–Crippen MR) is 161 cm³/mol. The Morgan fingerprint density at radius 3 is 2.69 bits per heavy atom. The van der Waals surface area contributed by atoms with Gasteiger partial charge in [-0.2, -0.15) is 5.26 Å². The monoisotopic (exact) mass is 589 g/mol. The van der Waals surface area contributed by atoms with Gasteiger partial charge in [0, 0.05) is 56.6 Å². The van der Waals surface area contributed by atoms with Crippen molar-refractivity contribution in [3.63, 3.8) is 0 Å². The van der Waals surface area contributed by atoms with Gasteiger partial charge < -0.3 is 19.7 Å². The quantitative estimate of drug-likeness (QED) is 0.289. The fourth-order valence-electron chi connectivity index (χ4n) is 5.23. The zero-order chi connectivity index (χ0) is 29.2. The first-order valence-electron chi connectivity index (χ1n) is 13.7. The van der Waals surface area contributed by atoms with E-state index in [2.05, 4.69) is 26.8 Å². The van der Waals surface area contributed by atoms with Crippen LogP contribution in [-0.4, -0.2) is 58.8 Å². The molecule has 6 rings (SSSR count). The number of benzene rings is 3. The van der Waals surface area contributed by atoms with E-state index in [1.165, 1.54) is 29.1 Å². The Labute approximate surface area is 246 Å². The maximum atomic E-state index is 14.9. The number of rotatable bonds is 7. The maximum absolute atomic E-state index is 14.9. The molecule has 42 heavy (non-hydrogen) atoms. The highest BCUT2D eigenvalue weighted by atomic mass is 32.2. The average Bonchev–Trinajstić information content (AvgIpc) is 3.43. The van der Waals surface area contributed by atoms with Crippen molar-refractivity contribution >= 4 is 34.4 Å². The van der Waals surface area contributed by atoms with Gasteiger partial charge in [-0.1, -0.05) is 0 Å². The fraction of sp³-hybridized carbons (Fsp3) is 0.300. The molecule has 2 aliphatic heterocycles. The van der Waals surface area contributed by atoms with E-state index in [0.29, 0.717) is 35.9 Å². The topological polar surface area (TPSA) is 98.5 Å². The van der Waals surface area contributed by atoms with Crippen molar-refractivity contribution in [1.82, 2.24) is 19.2 Å². The van der Waals surface area contributed by atoms with Crippen molar-refractivity contribution < 1.29 is 13.5 Å². The van der Waals surface area contributed by atoms with Gasteiger partial charge in [0.15, 0.2) is 11.6 Å². The lowest BCUT2D eigenvalue weighted by atomic mass is 10.1. The Morgan fingerprint density at radius 2 is 1.95 bits per heavy atom. The number of alkyl halides is 1. The van der Waals surface area contributed by atoms with E-state index < -0.39 is 12.0 Å². The summed E-state index contributed by atoms with van der Waals surface area (Å²) in [6.45, 7) is 5.75. The summed E-state index contributed by atoms with van der Waals surface area (Å²) in [5.41, 5.74) is 2.20. The highest BCUT2D eigenvalue weighted by Crippen LogP contribution is 2.35. The number of fused-ring (bicyclic) bond motifs is 1. The first-order valence-corrected chi connectivity index (χ1v) is 14.5. The van der Waals surface area contributed by atoms with Gasteiger partial charge in [-0.25, -0.2) is 18.1 Å². The third-order valence-corrected chi connectivity index (χ3v) is 8.41. The molecule has 0 amide bonds. The third-order valence-electron chi connectivity index (χ3n) is 7.51. The average molecular weight is 590 g/mol. The largest absolute Gasteiger partial charge is 0.453 e. The first kappa shape index (κ1) is 28.0. The molecule has 2 fully saturated rings. The minimum atomic E-state index is -0.894. The van der Waals surface area contributed by atoms with Crippen molar-refractivity contribution in [1.29, 1.82) is 5.26 Å². The number of aromatic nitrogens is 2. The van der Waals surface area contributed by atoms with Gasteiger partial charge >= 0.3 is 0 Å². The van der Waals surface area contributed by atoms with Gasteiger partial charge in [-0.05, 0) is 67.9 Å². The lowest BCUT2D eigenvalue weighted by molar-refractivity contribution is 0.349. The van der Waals surface area contributed by atoms with Gasteiger partial charge in [0.25, 0.3) is 5.56 Å². The van der Waals surface area contributed by atoms with Crippen molar-refractivity contribution in [3.8, 4) is 23.3 Å². The van der Waals surface area contributed by atoms with E-state index in [9.17, 15) is 18.8 Å². The minimum Gasteiger partial charge on any atom is -0.453 e. The molecule has 4 aromatic rings. The normalized spacial score (nSPS) is 19.1. The van der Waals surface area contributed by atoms with Crippen LogP contribution in [0.15, 0.2) is 65.7 Å². The molecule has 2 aliphatic rings. The number of ether oxygens (including phenoxy) is 1. The maximum Gasteiger partial charge on any atom is 0.265 e.